The molecule has 0 atom stereocenters. The van der Waals surface area contributed by atoms with Gasteiger partial charge in [0, 0.05) is 24.9 Å². The zero-order valence-electron chi connectivity index (χ0n) is 14.7. The molecule has 6 nitrogen and oxygen atoms in total. The van der Waals surface area contributed by atoms with Gasteiger partial charge in [-0.25, -0.2) is 9.21 Å². The minimum Gasteiger partial charge on any atom is -0.444 e. The van der Waals surface area contributed by atoms with Crippen molar-refractivity contribution in [1.29, 1.82) is 5.26 Å². The van der Waals surface area contributed by atoms with Gasteiger partial charge in [-0.1, -0.05) is 18.2 Å². The average molecular weight is 364 g/mol. The molecule has 0 aromatic heterocycles. The highest BCUT2D eigenvalue weighted by Gasteiger charge is 2.45. The number of hydrogen-bond donors (Lipinski definition) is 0. The number of anilines is 1. The van der Waals surface area contributed by atoms with E-state index in [0.717, 1.165) is 4.42 Å². The minimum atomic E-state index is -1.24. The lowest BCUT2D eigenvalue weighted by molar-refractivity contribution is -0.126. The molecule has 1 aliphatic rings. The fourth-order valence-electron chi connectivity index (χ4n) is 2.64. The van der Waals surface area contributed by atoms with Gasteiger partial charge in [0.15, 0.2) is 0 Å². The monoisotopic (exact) mass is 363 g/mol. The average Bonchev–Trinajstić information content (AvgIpc) is 2.59. The second-order valence-corrected chi connectivity index (χ2v) is 7.42. The van der Waals surface area contributed by atoms with E-state index in [2.05, 4.69) is 6.07 Å². The van der Waals surface area contributed by atoms with E-state index in [9.17, 15) is 14.9 Å². The van der Waals surface area contributed by atoms with Crippen molar-refractivity contribution in [3.05, 3.63) is 30.3 Å². The molecule has 0 unspecified atom stereocenters. The smallest absolute Gasteiger partial charge is 0.410 e. The van der Waals surface area contributed by atoms with Gasteiger partial charge >= 0.3 is 6.09 Å². The van der Waals surface area contributed by atoms with Crippen LogP contribution in [0, 0.1) is 16.7 Å². The van der Waals surface area contributed by atoms with Gasteiger partial charge in [0.1, 0.15) is 11.0 Å². The van der Waals surface area contributed by atoms with Crippen molar-refractivity contribution >= 4 is 29.5 Å². The number of amides is 2. The number of halogens is 1. The summed E-state index contributed by atoms with van der Waals surface area (Å²) >= 11 is 6.17. The largest absolute Gasteiger partial charge is 0.444 e. The third-order valence-electron chi connectivity index (χ3n) is 4.05. The lowest BCUT2D eigenvalue weighted by Gasteiger charge is -2.37. The van der Waals surface area contributed by atoms with Crippen LogP contribution in [0.3, 0.4) is 0 Å². The summed E-state index contributed by atoms with van der Waals surface area (Å²) < 4.78 is 6.33. The number of rotatable bonds is 2. The maximum Gasteiger partial charge on any atom is 0.410 e. The third kappa shape index (κ3) is 4.43. The zero-order chi connectivity index (χ0) is 18.7. The standard InChI is InChI=1S/C18H22ClN3O3/c1-17(2,3)25-16(24)21-11-9-18(13-20,10-12-21)15(23)22(19)14-7-5-4-6-8-14/h4-8H,9-12H2,1-3H3. The first kappa shape index (κ1) is 19.1. The number of benzene rings is 1. The van der Waals surface area contributed by atoms with Crippen molar-refractivity contribution in [1.82, 2.24) is 4.90 Å². The topological polar surface area (TPSA) is 73.6 Å². The van der Waals surface area contributed by atoms with Crippen LogP contribution in [0.4, 0.5) is 10.5 Å². The summed E-state index contributed by atoms with van der Waals surface area (Å²) in [7, 11) is 0. The van der Waals surface area contributed by atoms with Crippen LogP contribution >= 0.6 is 11.8 Å². The zero-order valence-corrected chi connectivity index (χ0v) is 15.4. The molecule has 1 saturated heterocycles. The molecule has 1 aliphatic heterocycles. The summed E-state index contributed by atoms with van der Waals surface area (Å²) in [6.07, 6.45) is 0.00667. The molecule has 0 aliphatic carbocycles. The number of para-hydroxylation sites is 1. The highest BCUT2D eigenvalue weighted by Crippen LogP contribution is 2.35. The highest BCUT2D eigenvalue weighted by molar-refractivity contribution is 6.37. The van der Waals surface area contributed by atoms with Crippen molar-refractivity contribution in [2.75, 3.05) is 17.5 Å². The molecule has 0 N–H and O–H groups in total. The molecule has 0 saturated carbocycles. The van der Waals surface area contributed by atoms with Gasteiger partial charge in [-0.15, -0.1) is 0 Å². The van der Waals surface area contributed by atoms with Crippen LogP contribution in [0.2, 0.25) is 0 Å². The number of nitrogens with zero attached hydrogens (tertiary/aromatic N) is 3. The minimum absolute atomic E-state index is 0.220. The number of carbonyl (C=O) groups excluding carboxylic acids is 2. The molecule has 0 bridgehead atoms. The van der Waals surface area contributed by atoms with Crippen LogP contribution < -0.4 is 4.42 Å². The van der Waals surface area contributed by atoms with Gasteiger partial charge in [-0.3, -0.25) is 4.79 Å². The number of ether oxygens (including phenoxy) is 1. The van der Waals surface area contributed by atoms with Gasteiger partial charge in [-0.05, 0) is 45.7 Å². The Morgan fingerprint density at radius 2 is 1.80 bits per heavy atom. The Kier molecular flexibility index (Phi) is 5.58. The summed E-state index contributed by atoms with van der Waals surface area (Å²) in [5.41, 5.74) is -1.31. The van der Waals surface area contributed by atoms with Crippen LogP contribution in [-0.2, 0) is 9.53 Å². The highest BCUT2D eigenvalue weighted by atomic mass is 35.5. The van der Waals surface area contributed by atoms with Gasteiger partial charge in [0.05, 0.1) is 11.8 Å². The molecule has 1 heterocycles. The first-order valence-corrected chi connectivity index (χ1v) is 8.47. The predicted octanol–water partition coefficient (Wildman–Crippen LogP) is 3.71. The van der Waals surface area contributed by atoms with Crippen molar-refractivity contribution in [3.8, 4) is 6.07 Å². The molecule has 7 heteroatoms. The summed E-state index contributed by atoms with van der Waals surface area (Å²) in [6.45, 7) is 5.93. The van der Waals surface area contributed by atoms with Gasteiger partial charge in [-0.2, -0.15) is 5.26 Å². The maximum atomic E-state index is 12.8. The fraction of sp³-hybridized carbons (Fsp3) is 0.500. The molecule has 2 rings (SSSR count). The summed E-state index contributed by atoms with van der Waals surface area (Å²) in [5.74, 6) is -0.466. The summed E-state index contributed by atoms with van der Waals surface area (Å²) in [6, 6.07) is 10.9. The lowest BCUT2D eigenvalue weighted by Crippen LogP contribution is -2.50. The predicted molar refractivity (Wildman–Crippen MR) is 94.9 cm³/mol. The van der Waals surface area contributed by atoms with Crippen LogP contribution in [-0.4, -0.2) is 35.6 Å². The lowest BCUT2D eigenvalue weighted by atomic mass is 9.79. The van der Waals surface area contributed by atoms with Crippen molar-refractivity contribution in [2.45, 2.75) is 39.2 Å². The SMILES string of the molecule is CC(C)(C)OC(=O)N1CCC(C#N)(C(=O)N(Cl)c2ccccc2)CC1. The van der Waals surface area contributed by atoms with E-state index in [-0.39, 0.29) is 25.9 Å². The number of piperidine rings is 1. The molecule has 134 valence electrons. The normalized spacial score (nSPS) is 16.7. The van der Waals surface area contributed by atoms with E-state index in [0.29, 0.717) is 5.69 Å². The molecular formula is C18H22ClN3O3. The Bertz CT molecular complexity index is 671. The molecule has 0 spiro atoms. The quantitative estimate of drug-likeness (QED) is 0.750. The number of nitriles is 1. The molecule has 0 radical (unpaired) electrons. The molecular weight excluding hydrogens is 342 g/mol. The number of likely N-dealkylation sites (tertiary alicyclic amines) is 1. The Morgan fingerprint density at radius 3 is 2.28 bits per heavy atom. The van der Waals surface area contributed by atoms with Crippen molar-refractivity contribution in [2.24, 2.45) is 5.41 Å². The van der Waals surface area contributed by atoms with Crippen LogP contribution in [0.5, 0.6) is 0 Å². The van der Waals surface area contributed by atoms with Gasteiger partial charge in [0.2, 0.25) is 0 Å². The Morgan fingerprint density at radius 1 is 1.24 bits per heavy atom. The molecule has 25 heavy (non-hydrogen) atoms. The fourth-order valence-corrected chi connectivity index (χ4v) is 2.91. The van der Waals surface area contributed by atoms with Crippen molar-refractivity contribution in [3.63, 3.8) is 0 Å². The summed E-state index contributed by atoms with van der Waals surface area (Å²) in [4.78, 5) is 26.5. The first-order chi connectivity index (χ1) is 11.7. The molecule has 1 aromatic carbocycles. The van der Waals surface area contributed by atoms with E-state index in [1.807, 2.05) is 6.07 Å². The second kappa shape index (κ2) is 7.32. The van der Waals surface area contributed by atoms with E-state index < -0.39 is 23.0 Å². The van der Waals surface area contributed by atoms with E-state index in [1.165, 1.54) is 4.90 Å². The first-order valence-electron chi connectivity index (χ1n) is 8.13. The number of carbonyl (C=O) groups is 2. The van der Waals surface area contributed by atoms with Crippen LogP contribution in [0.15, 0.2) is 30.3 Å². The van der Waals surface area contributed by atoms with Crippen LogP contribution in [0.25, 0.3) is 0 Å². The Hall–Kier alpha value is -2.26. The third-order valence-corrected chi connectivity index (χ3v) is 4.40. The maximum absolute atomic E-state index is 12.8. The van der Waals surface area contributed by atoms with Crippen molar-refractivity contribution < 1.29 is 14.3 Å². The van der Waals surface area contributed by atoms with E-state index in [1.54, 1.807) is 45.0 Å². The van der Waals surface area contributed by atoms with E-state index in [4.69, 9.17) is 16.5 Å². The Balaban J connectivity index is 2.07. The van der Waals surface area contributed by atoms with Gasteiger partial charge in [0.25, 0.3) is 5.91 Å². The van der Waals surface area contributed by atoms with Crippen LogP contribution in [0.1, 0.15) is 33.6 Å². The molecule has 2 amide bonds. The number of hydrogen-bond acceptors (Lipinski definition) is 4. The Labute approximate surface area is 153 Å². The second-order valence-electron chi connectivity index (χ2n) is 7.08. The molecule has 1 aromatic rings. The van der Waals surface area contributed by atoms with Gasteiger partial charge < -0.3 is 9.64 Å². The molecule has 1 fully saturated rings. The van der Waals surface area contributed by atoms with E-state index >= 15 is 0 Å². The summed E-state index contributed by atoms with van der Waals surface area (Å²) in [5, 5.41) is 9.63.